The Labute approximate surface area is 134 Å². The Bertz CT molecular complexity index is 692. The third-order valence-electron chi connectivity index (χ3n) is 2.74. The summed E-state index contributed by atoms with van der Waals surface area (Å²) in [5.41, 5.74) is -0.268. The molecule has 21 heavy (non-hydrogen) atoms. The SMILES string of the molecule is CCn1cnnc1NC(=O)c1c(F)cc(Cl)c(SC)c1Cl. The first-order valence-corrected chi connectivity index (χ1v) is 7.88. The summed E-state index contributed by atoms with van der Waals surface area (Å²) in [4.78, 5) is 12.7. The average molecular weight is 349 g/mol. The first-order chi connectivity index (χ1) is 9.99. The maximum atomic E-state index is 14.0. The third-order valence-corrected chi connectivity index (χ3v) is 4.47. The fraction of sp³-hybridized carbons (Fsp3) is 0.250. The van der Waals surface area contributed by atoms with Crippen molar-refractivity contribution >= 4 is 46.8 Å². The van der Waals surface area contributed by atoms with Crippen molar-refractivity contribution in [3.8, 4) is 0 Å². The second-order valence-electron chi connectivity index (χ2n) is 3.96. The zero-order chi connectivity index (χ0) is 15.6. The summed E-state index contributed by atoms with van der Waals surface area (Å²) in [6, 6.07) is 1.07. The molecule has 2 aromatic rings. The molecule has 0 atom stereocenters. The smallest absolute Gasteiger partial charge is 0.262 e. The summed E-state index contributed by atoms with van der Waals surface area (Å²) in [5, 5.41) is 10.1. The normalized spacial score (nSPS) is 10.7. The van der Waals surface area contributed by atoms with E-state index in [-0.39, 0.29) is 21.6 Å². The lowest BCUT2D eigenvalue weighted by atomic mass is 10.2. The first kappa shape index (κ1) is 16.1. The molecular formula is C12H11Cl2FN4OS. The Morgan fingerprint density at radius 1 is 1.52 bits per heavy atom. The molecule has 0 spiro atoms. The van der Waals surface area contributed by atoms with Crippen LogP contribution in [0.15, 0.2) is 17.3 Å². The number of carbonyl (C=O) groups excluding carboxylic acids is 1. The third kappa shape index (κ3) is 3.14. The van der Waals surface area contributed by atoms with Crippen molar-refractivity contribution in [2.75, 3.05) is 11.6 Å². The number of halogens is 3. The van der Waals surface area contributed by atoms with E-state index in [9.17, 15) is 9.18 Å². The van der Waals surface area contributed by atoms with Gasteiger partial charge in [0.15, 0.2) is 0 Å². The topological polar surface area (TPSA) is 59.8 Å². The van der Waals surface area contributed by atoms with Gasteiger partial charge < -0.3 is 0 Å². The number of thioether (sulfide) groups is 1. The van der Waals surface area contributed by atoms with Crippen molar-refractivity contribution in [2.24, 2.45) is 0 Å². The Balaban J connectivity index is 2.40. The number of aromatic nitrogens is 3. The van der Waals surface area contributed by atoms with Crippen LogP contribution in [0, 0.1) is 5.82 Å². The summed E-state index contributed by atoms with van der Waals surface area (Å²) in [5.74, 6) is -1.27. The molecular weight excluding hydrogens is 338 g/mol. The molecule has 0 radical (unpaired) electrons. The highest BCUT2D eigenvalue weighted by atomic mass is 35.5. The molecule has 2 rings (SSSR count). The van der Waals surface area contributed by atoms with E-state index in [4.69, 9.17) is 23.2 Å². The predicted octanol–water partition coefficient (Wildman–Crippen LogP) is 3.72. The largest absolute Gasteiger partial charge is 0.300 e. The molecule has 1 amide bonds. The fourth-order valence-electron chi connectivity index (χ4n) is 1.71. The van der Waals surface area contributed by atoms with Crippen LogP contribution >= 0.6 is 35.0 Å². The second kappa shape index (κ2) is 6.64. The van der Waals surface area contributed by atoms with Gasteiger partial charge in [-0.25, -0.2) is 4.39 Å². The predicted molar refractivity (Wildman–Crippen MR) is 81.9 cm³/mol. The van der Waals surface area contributed by atoms with Crippen LogP contribution in [0.25, 0.3) is 0 Å². The van der Waals surface area contributed by atoms with Crippen molar-refractivity contribution in [3.05, 3.63) is 33.8 Å². The van der Waals surface area contributed by atoms with Crippen molar-refractivity contribution in [1.82, 2.24) is 14.8 Å². The number of aryl methyl sites for hydroxylation is 1. The highest BCUT2D eigenvalue weighted by molar-refractivity contribution is 7.98. The van der Waals surface area contributed by atoms with Gasteiger partial charge in [-0.05, 0) is 19.2 Å². The van der Waals surface area contributed by atoms with Crippen molar-refractivity contribution in [3.63, 3.8) is 0 Å². The molecule has 0 saturated carbocycles. The van der Waals surface area contributed by atoms with E-state index in [1.165, 1.54) is 18.1 Å². The van der Waals surface area contributed by atoms with Crippen LogP contribution in [0.1, 0.15) is 17.3 Å². The van der Waals surface area contributed by atoms with Crippen LogP contribution in [0.3, 0.4) is 0 Å². The Kier molecular flexibility index (Phi) is 5.08. The summed E-state index contributed by atoms with van der Waals surface area (Å²) >= 11 is 13.2. The van der Waals surface area contributed by atoms with Gasteiger partial charge in [-0.3, -0.25) is 14.7 Å². The van der Waals surface area contributed by atoms with Gasteiger partial charge in [0.1, 0.15) is 12.1 Å². The molecule has 0 fully saturated rings. The van der Waals surface area contributed by atoms with Crippen molar-refractivity contribution in [1.29, 1.82) is 0 Å². The number of benzene rings is 1. The lowest BCUT2D eigenvalue weighted by molar-refractivity contribution is 0.102. The van der Waals surface area contributed by atoms with Crippen LogP contribution in [-0.2, 0) is 6.54 Å². The summed E-state index contributed by atoms with van der Waals surface area (Å²) in [6.45, 7) is 2.43. The second-order valence-corrected chi connectivity index (χ2v) is 5.56. The quantitative estimate of drug-likeness (QED) is 0.855. The summed E-state index contributed by atoms with van der Waals surface area (Å²) < 4.78 is 15.6. The van der Waals surface area contributed by atoms with Crippen LogP contribution < -0.4 is 5.32 Å². The number of anilines is 1. The monoisotopic (exact) mass is 348 g/mol. The van der Waals surface area contributed by atoms with Gasteiger partial charge in [0.25, 0.3) is 5.91 Å². The van der Waals surface area contributed by atoms with Gasteiger partial charge in [-0.1, -0.05) is 23.2 Å². The molecule has 1 heterocycles. The van der Waals surface area contributed by atoms with E-state index >= 15 is 0 Å². The van der Waals surface area contributed by atoms with E-state index in [0.29, 0.717) is 11.4 Å². The van der Waals surface area contributed by atoms with Crippen LogP contribution in [0.4, 0.5) is 10.3 Å². The average Bonchev–Trinajstić information content (AvgIpc) is 2.85. The molecule has 5 nitrogen and oxygen atoms in total. The number of hydrogen-bond donors (Lipinski definition) is 1. The molecule has 0 aliphatic heterocycles. The van der Waals surface area contributed by atoms with Gasteiger partial charge in [0, 0.05) is 11.4 Å². The van der Waals surface area contributed by atoms with E-state index in [1.807, 2.05) is 6.92 Å². The minimum Gasteiger partial charge on any atom is -0.300 e. The number of nitrogens with zero attached hydrogens (tertiary/aromatic N) is 3. The minimum atomic E-state index is -0.789. The van der Waals surface area contributed by atoms with E-state index in [2.05, 4.69) is 15.5 Å². The zero-order valence-corrected chi connectivity index (χ0v) is 13.5. The minimum absolute atomic E-state index is 0.0208. The maximum absolute atomic E-state index is 14.0. The summed E-state index contributed by atoms with van der Waals surface area (Å²) in [6.07, 6.45) is 3.20. The van der Waals surface area contributed by atoms with Gasteiger partial charge in [-0.2, -0.15) is 0 Å². The first-order valence-electron chi connectivity index (χ1n) is 5.90. The zero-order valence-electron chi connectivity index (χ0n) is 11.2. The van der Waals surface area contributed by atoms with Crippen LogP contribution in [0.5, 0.6) is 0 Å². The number of hydrogen-bond acceptors (Lipinski definition) is 4. The van der Waals surface area contributed by atoms with Crippen molar-refractivity contribution in [2.45, 2.75) is 18.4 Å². The highest BCUT2D eigenvalue weighted by Crippen LogP contribution is 2.37. The Hall–Kier alpha value is -1.31. The Morgan fingerprint density at radius 3 is 2.86 bits per heavy atom. The molecule has 0 aliphatic rings. The standard InChI is InChI=1S/C12H11Cl2FN4OS/c1-3-19-5-16-18-12(19)17-11(20)8-7(15)4-6(13)10(21-2)9(8)14/h4-5H,3H2,1-2H3,(H,17,18,20). The van der Waals surface area contributed by atoms with Gasteiger partial charge in [-0.15, -0.1) is 22.0 Å². The van der Waals surface area contributed by atoms with Crippen LogP contribution in [-0.4, -0.2) is 26.9 Å². The number of nitrogens with one attached hydrogen (secondary N) is 1. The van der Waals surface area contributed by atoms with E-state index in [0.717, 1.165) is 6.07 Å². The molecule has 1 aromatic carbocycles. The van der Waals surface area contributed by atoms with Crippen molar-refractivity contribution < 1.29 is 9.18 Å². The van der Waals surface area contributed by atoms with Gasteiger partial charge in [0.2, 0.25) is 5.95 Å². The number of amides is 1. The molecule has 0 saturated heterocycles. The fourth-order valence-corrected chi connectivity index (χ4v) is 3.23. The van der Waals surface area contributed by atoms with Gasteiger partial charge >= 0.3 is 0 Å². The Morgan fingerprint density at radius 2 is 2.24 bits per heavy atom. The lowest BCUT2D eigenvalue weighted by Crippen LogP contribution is -2.18. The number of rotatable bonds is 4. The van der Waals surface area contributed by atoms with Crippen LogP contribution in [0.2, 0.25) is 10.0 Å². The van der Waals surface area contributed by atoms with E-state index in [1.54, 1.807) is 10.8 Å². The molecule has 0 aliphatic carbocycles. The molecule has 1 N–H and O–H groups in total. The molecule has 9 heteroatoms. The molecule has 112 valence electrons. The molecule has 0 bridgehead atoms. The molecule has 1 aromatic heterocycles. The molecule has 0 unspecified atom stereocenters. The lowest BCUT2D eigenvalue weighted by Gasteiger charge is -2.11. The van der Waals surface area contributed by atoms with E-state index < -0.39 is 11.7 Å². The summed E-state index contributed by atoms with van der Waals surface area (Å²) in [7, 11) is 0. The highest BCUT2D eigenvalue weighted by Gasteiger charge is 2.22. The van der Waals surface area contributed by atoms with Gasteiger partial charge in [0.05, 0.1) is 15.6 Å². The number of carbonyl (C=O) groups is 1. The maximum Gasteiger partial charge on any atom is 0.262 e.